The van der Waals surface area contributed by atoms with Crippen LogP contribution < -0.4 is 0 Å². The zero-order chi connectivity index (χ0) is 6.69. The first kappa shape index (κ1) is 7.42. The summed E-state index contributed by atoms with van der Waals surface area (Å²) in [7, 11) is 0. The summed E-state index contributed by atoms with van der Waals surface area (Å²) in [6.07, 6.45) is 0. The van der Waals surface area contributed by atoms with Crippen LogP contribution in [0.2, 0.25) is 0 Å². The molecule has 1 unspecified atom stereocenters. The molecule has 1 aromatic rings. The van der Waals surface area contributed by atoms with Crippen molar-refractivity contribution in [3.8, 4) is 0 Å². The molecule has 0 fully saturated rings. The second-order valence-corrected chi connectivity index (χ2v) is 4.90. The number of hydrogen-bond donors (Lipinski definition) is 0. The average Bonchev–Trinajstić information content (AvgIpc) is 1.90. The summed E-state index contributed by atoms with van der Waals surface area (Å²) < 4.78 is 0.221. The molecule has 0 aliphatic carbocycles. The van der Waals surface area contributed by atoms with Gasteiger partial charge in [-0.3, -0.25) is 0 Å². The molecule has 0 aliphatic rings. The van der Waals surface area contributed by atoms with Gasteiger partial charge in [0.25, 0.3) is 0 Å². The van der Waals surface area contributed by atoms with Crippen LogP contribution in [-0.2, 0) is 0 Å². The first-order valence-electron chi connectivity index (χ1n) is 2.71. The van der Waals surface area contributed by atoms with Crippen molar-refractivity contribution in [3.63, 3.8) is 0 Å². The van der Waals surface area contributed by atoms with Crippen molar-refractivity contribution in [2.75, 3.05) is 0 Å². The molecule has 0 saturated heterocycles. The molecule has 0 bridgehead atoms. The van der Waals surface area contributed by atoms with E-state index in [2.05, 4.69) is 0 Å². The van der Waals surface area contributed by atoms with Gasteiger partial charge >= 0.3 is 73.4 Å². The summed E-state index contributed by atoms with van der Waals surface area (Å²) in [4.78, 5) is 0. The van der Waals surface area contributed by atoms with Crippen molar-refractivity contribution in [1.82, 2.24) is 0 Å². The third-order valence-corrected chi connectivity index (χ3v) is 2.30. The van der Waals surface area contributed by atoms with E-state index in [0.717, 1.165) is 0 Å². The number of rotatable bonds is 1. The second-order valence-electron chi connectivity index (χ2n) is 1.77. The van der Waals surface area contributed by atoms with Crippen LogP contribution in [0.1, 0.15) is 8.96 Å². The summed E-state index contributed by atoms with van der Waals surface area (Å²) in [6.45, 7) is 0. The van der Waals surface area contributed by atoms with E-state index in [1.54, 1.807) is 0 Å². The van der Waals surface area contributed by atoms with Crippen LogP contribution in [0.3, 0.4) is 0 Å². The third-order valence-electron chi connectivity index (χ3n) is 1.09. The van der Waals surface area contributed by atoms with Gasteiger partial charge < -0.3 is 0 Å². The summed E-state index contributed by atoms with van der Waals surface area (Å²) in [6, 6.07) is 10.1. The van der Waals surface area contributed by atoms with Crippen molar-refractivity contribution in [1.29, 1.82) is 0 Å². The molecule has 0 aromatic heterocycles. The first-order valence-corrected chi connectivity index (χ1v) is 4.79. The maximum atomic E-state index is 5.84. The zero-order valence-electron chi connectivity index (χ0n) is 4.84. The second kappa shape index (κ2) is 3.47. The Morgan fingerprint density at radius 3 is 2.11 bits per heavy atom. The Morgan fingerprint density at radius 1 is 1.22 bits per heavy atom. The fourth-order valence-corrected chi connectivity index (χ4v) is 1.32. The topological polar surface area (TPSA) is 0 Å². The van der Waals surface area contributed by atoms with Gasteiger partial charge in [-0.05, 0) is 0 Å². The third kappa shape index (κ3) is 2.18. The fourth-order valence-electron chi connectivity index (χ4n) is 0.622. The van der Waals surface area contributed by atoms with E-state index >= 15 is 0 Å². The maximum absolute atomic E-state index is 5.84. The van der Waals surface area contributed by atoms with Crippen LogP contribution in [0.4, 0.5) is 0 Å². The quantitative estimate of drug-likeness (QED) is 0.524. The molecule has 0 saturated carbocycles. The Labute approximate surface area is 73.3 Å². The van der Waals surface area contributed by atoms with Gasteiger partial charge in [0, 0.05) is 0 Å². The van der Waals surface area contributed by atoms with Gasteiger partial charge in [-0.2, -0.15) is 0 Å². The monoisotopic (exact) mass is 245 g/mol. The number of benzene rings is 1. The number of alkyl halides is 1. The molecule has 0 aliphatic heterocycles. The molecule has 0 amide bonds. The zero-order valence-corrected chi connectivity index (χ0v) is 8.45. The molecule has 1 atom stereocenters. The van der Waals surface area contributed by atoms with Gasteiger partial charge in [-0.15, -0.1) is 0 Å². The van der Waals surface area contributed by atoms with Gasteiger partial charge in [0.1, 0.15) is 0 Å². The summed E-state index contributed by atoms with van der Waals surface area (Å²) in [5, 5.41) is 0. The molecule has 1 aromatic carbocycles. The van der Waals surface area contributed by atoms with Crippen molar-refractivity contribution in [3.05, 3.63) is 35.9 Å². The fraction of sp³-hybridized carbons (Fsp3) is 0.143. The van der Waals surface area contributed by atoms with E-state index in [4.69, 9.17) is 11.6 Å². The number of hydrogen-bond acceptors (Lipinski definition) is 0. The Kier molecular flexibility index (Phi) is 2.86. The molecule has 0 heterocycles. The van der Waals surface area contributed by atoms with E-state index in [9.17, 15) is 0 Å². The molecule has 2 heteroatoms. The summed E-state index contributed by atoms with van der Waals surface area (Å²) >= 11 is 7.20. The standard InChI is InChI=1S/C7H6Cl.Sn/c8-6-7-4-2-1-3-5-7;/h1-6H;. The van der Waals surface area contributed by atoms with Crippen LogP contribution >= 0.6 is 11.6 Å². The minimum absolute atomic E-state index is 0.221. The molecule has 1 rings (SSSR count). The van der Waals surface area contributed by atoms with Crippen LogP contribution in [0, 0.1) is 0 Å². The van der Waals surface area contributed by atoms with E-state index in [1.807, 2.05) is 30.3 Å². The van der Waals surface area contributed by atoms with E-state index in [0.29, 0.717) is 0 Å². The van der Waals surface area contributed by atoms with Crippen LogP contribution in [0.15, 0.2) is 30.3 Å². The van der Waals surface area contributed by atoms with Gasteiger partial charge in [-0.1, -0.05) is 0 Å². The van der Waals surface area contributed by atoms with Crippen molar-refractivity contribution in [2.45, 2.75) is 3.39 Å². The molecular formula is C7H6ClSn. The SMILES string of the molecule is Cl[CH]([Sn])c1ccccc1. The van der Waals surface area contributed by atoms with Crippen LogP contribution in [0.25, 0.3) is 0 Å². The molecule has 9 heavy (non-hydrogen) atoms. The van der Waals surface area contributed by atoms with Crippen molar-refractivity contribution >= 4 is 34.1 Å². The van der Waals surface area contributed by atoms with Gasteiger partial charge in [-0.25, -0.2) is 0 Å². The van der Waals surface area contributed by atoms with E-state index in [-0.39, 0.29) is 3.39 Å². The van der Waals surface area contributed by atoms with Crippen molar-refractivity contribution in [2.24, 2.45) is 0 Å². The Balaban J connectivity index is 2.85. The van der Waals surface area contributed by atoms with E-state index in [1.165, 1.54) is 28.1 Å². The minimum atomic E-state index is 0.221. The Morgan fingerprint density at radius 2 is 1.78 bits per heavy atom. The predicted molar refractivity (Wildman–Crippen MR) is 40.8 cm³/mol. The van der Waals surface area contributed by atoms with Crippen LogP contribution in [-0.4, -0.2) is 22.5 Å². The van der Waals surface area contributed by atoms with Gasteiger partial charge in [0.2, 0.25) is 0 Å². The van der Waals surface area contributed by atoms with Gasteiger partial charge in [0.15, 0.2) is 0 Å². The Hall–Kier alpha value is 0.309. The molecule has 3 radical (unpaired) electrons. The summed E-state index contributed by atoms with van der Waals surface area (Å²) in [5.41, 5.74) is 1.22. The van der Waals surface area contributed by atoms with Crippen LogP contribution in [0.5, 0.6) is 0 Å². The Bertz CT molecular complexity index is 172. The molecule has 0 nitrogen and oxygen atoms in total. The van der Waals surface area contributed by atoms with Crippen molar-refractivity contribution < 1.29 is 0 Å². The molecule has 45 valence electrons. The predicted octanol–water partition coefficient (Wildman–Crippen LogP) is 2.09. The normalized spacial score (nSPS) is 13.1. The first-order chi connectivity index (χ1) is 4.30. The molecule has 0 spiro atoms. The summed E-state index contributed by atoms with van der Waals surface area (Å²) in [5.74, 6) is 0. The average molecular weight is 244 g/mol. The number of halogens is 1. The van der Waals surface area contributed by atoms with E-state index < -0.39 is 0 Å². The molecular weight excluding hydrogens is 238 g/mol. The van der Waals surface area contributed by atoms with Gasteiger partial charge in [0.05, 0.1) is 0 Å². The molecule has 0 N–H and O–H groups in total.